The Hall–Kier alpha value is -1.02. The van der Waals surface area contributed by atoms with Gasteiger partial charge in [-0.2, -0.15) is 0 Å². The van der Waals surface area contributed by atoms with E-state index in [0.717, 1.165) is 24.8 Å². The fourth-order valence-electron chi connectivity index (χ4n) is 3.55. The third-order valence-corrected chi connectivity index (χ3v) is 5.00. The number of hydrogen-bond acceptors (Lipinski definition) is 2. The molecule has 0 saturated heterocycles. The van der Waals surface area contributed by atoms with Crippen molar-refractivity contribution in [1.29, 1.82) is 0 Å². The van der Waals surface area contributed by atoms with Gasteiger partial charge in [-0.25, -0.2) is 0 Å². The minimum Gasteiger partial charge on any atom is -0.493 e. The number of hydrogen-bond donors (Lipinski definition) is 1. The van der Waals surface area contributed by atoms with Crippen molar-refractivity contribution < 1.29 is 4.74 Å². The minimum absolute atomic E-state index is 0.681. The quantitative estimate of drug-likeness (QED) is 0.559. The summed E-state index contributed by atoms with van der Waals surface area (Å²) in [4.78, 5) is 0. The van der Waals surface area contributed by atoms with Gasteiger partial charge in [-0.3, -0.25) is 0 Å². The van der Waals surface area contributed by atoms with Crippen LogP contribution in [0.2, 0.25) is 0 Å². The highest BCUT2D eigenvalue weighted by atomic mass is 16.5. The number of nitrogens with one attached hydrogen (secondary N) is 1. The SMILES string of the molecule is CCCCCCCOc1ccccc1CNC1CCCC(C)C1. The third-order valence-electron chi connectivity index (χ3n) is 5.00. The first kappa shape index (κ1) is 18.3. The van der Waals surface area contributed by atoms with Gasteiger partial charge in [0, 0.05) is 18.2 Å². The molecule has 1 N–H and O–H groups in total. The van der Waals surface area contributed by atoms with E-state index in [1.165, 1.54) is 63.4 Å². The number of benzene rings is 1. The highest BCUT2D eigenvalue weighted by molar-refractivity contribution is 5.33. The number of para-hydroxylation sites is 1. The molecular weight excluding hydrogens is 282 g/mol. The summed E-state index contributed by atoms with van der Waals surface area (Å²) >= 11 is 0. The van der Waals surface area contributed by atoms with E-state index in [2.05, 4.69) is 43.4 Å². The standard InChI is InChI=1S/C21H35NO/c1-3-4-5-6-9-15-23-21-14-8-7-12-19(21)17-22-20-13-10-11-18(2)16-20/h7-8,12,14,18,20,22H,3-6,9-11,13,15-17H2,1-2H3. The largest absolute Gasteiger partial charge is 0.493 e. The Bertz CT molecular complexity index is 432. The average molecular weight is 318 g/mol. The molecule has 0 amide bonds. The predicted octanol–water partition coefficient (Wildman–Crippen LogP) is 5.70. The highest BCUT2D eigenvalue weighted by Gasteiger charge is 2.18. The molecule has 2 atom stereocenters. The molecule has 1 fully saturated rings. The lowest BCUT2D eigenvalue weighted by Crippen LogP contribution is -2.33. The van der Waals surface area contributed by atoms with Crippen LogP contribution < -0.4 is 10.1 Å². The Balaban J connectivity index is 1.73. The molecule has 0 bridgehead atoms. The van der Waals surface area contributed by atoms with E-state index >= 15 is 0 Å². The lowest BCUT2D eigenvalue weighted by atomic mass is 9.87. The van der Waals surface area contributed by atoms with Crippen LogP contribution in [0.1, 0.15) is 77.2 Å². The molecule has 1 aliphatic carbocycles. The first-order valence-corrected chi connectivity index (χ1v) is 9.73. The van der Waals surface area contributed by atoms with Gasteiger partial charge in [-0.1, -0.05) is 70.6 Å². The maximum Gasteiger partial charge on any atom is 0.123 e. The second-order valence-electron chi connectivity index (χ2n) is 7.22. The predicted molar refractivity (Wildman–Crippen MR) is 99.0 cm³/mol. The summed E-state index contributed by atoms with van der Waals surface area (Å²) in [5.41, 5.74) is 1.30. The minimum atomic E-state index is 0.681. The van der Waals surface area contributed by atoms with Crippen molar-refractivity contribution in [3.05, 3.63) is 29.8 Å². The molecule has 0 heterocycles. The van der Waals surface area contributed by atoms with Crippen molar-refractivity contribution >= 4 is 0 Å². The van der Waals surface area contributed by atoms with Crippen LogP contribution in [0.3, 0.4) is 0 Å². The third kappa shape index (κ3) is 6.95. The maximum atomic E-state index is 6.04. The Morgan fingerprint density at radius 3 is 2.74 bits per heavy atom. The second kappa shape index (κ2) is 10.7. The summed E-state index contributed by atoms with van der Waals surface area (Å²) in [7, 11) is 0. The topological polar surface area (TPSA) is 21.3 Å². The van der Waals surface area contributed by atoms with E-state index in [4.69, 9.17) is 4.74 Å². The number of ether oxygens (including phenoxy) is 1. The van der Waals surface area contributed by atoms with Gasteiger partial charge in [-0.05, 0) is 31.2 Å². The van der Waals surface area contributed by atoms with Crippen molar-refractivity contribution in [3.63, 3.8) is 0 Å². The fourth-order valence-corrected chi connectivity index (χ4v) is 3.55. The Labute approximate surface area is 143 Å². The van der Waals surface area contributed by atoms with Gasteiger partial charge in [0.1, 0.15) is 5.75 Å². The summed E-state index contributed by atoms with van der Waals surface area (Å²) in [6.45, 7) is 6.42. The van der Waals surface area contributed by atoms with Crippen LogP contribution in [0.4, 0.5) is 0 Å². The summed E-state index contributed by atoms with van der Waals surface area (Å²) in [6.07, 6.45) is 11.9. The number of rotatable bonds is 10. The molecule has 2 unspecified atom stereocenters. The molecule has 2 nitrogen and oxygen atoms in total. The molecule has 2 rings (SSSR count). The van der Waals surface area contributed by atoms with Gasteiger partial charge in [-0.15, -0.1) is 0 Å². The van der Waals surface area contributed by atoms with Crippen LogP contribution in [-0.4, -0.2) is 12.6 Å². The molecule has 1 aromatic carbocycles. The van der Waals surface area contributed by atoms with Gasteiger partial charge in [0.25, 0.3) is 0 Å². The smallest absolute Gasteiger partial charge is 0.123 e. The zero-order valence-electron chi connectivity index (χ0n) is 15.2. The summed E-state index contributed by atoms with van der Waals surface area (Å²) < 4.78 is 6.04. The molecule has 130 valence electrons. The van der Waals surface area contributed by atoms with Crippen LogP contribution in [-0.2, 0) is 6.54 Å². The second-order valence-corrected chi connectivity index (χ2v) is 7.22. The van der Waals surface area contributed by atoms with Crippen molar-refractivity contribution in [2.75, 3.05) is 6.61 Å². The Morgan fingerprint density at radius 1 is 1.09 bits per heavy atom. The fraction of sp³-hybridized carbons (Fsp3) is 0.714. The first-order chi connectivity index (χ1) is 11.3. The zero-order chi connectivity index (χ0) is 16.3. The zero-order valence-corrected chi connectivity index (χ0v) is 15.2. The van der Waals surface area contributed by atoms with E-state index in [1.807, 2.05) is 0 Å². The molecule has 0 radical (unpaired) electrons. The molecule has 1 saturated carbocycles. The first-order valence-electron chi connectivity index (χ1n) is 9.73. The van der Waals surface area contributed by atoms with Crippen LogP contribution in [0, 0.1) is 5.92 Å². The Kier molecular flexibility index (Phi) is 8.52. The molecule has 0 spiro atoms. The van der Waals surface area contributed by atoms with Gasteiger partial charge >= 0.3 is 0 Å². The van der Waals surface area contributed by atoms with Crippen molar-refractivity contribution in [1.82, 2.24) is 5.32 Å². The lowest BCUT2D eigenvalue weighted by Gasteiger charge is -2.27. The van der Waals surface area contributed by atoms with Crippen LogP contribution in [0.5, 0.6) is 5.75 Å². The van der Waals surface area contributed by atoms with Crippen LogP contribution >= 0.6 is 0 Å². The van der Waals surface area contributed by atoms with Gasteiger partial charge in [0.15, 0.2) is 0 Å². The van der Waals surface area contributed by atoms with E-state index in [0.29, 0.717) is 6.04 Å². The normalized spacial score (nSPS) is 21.3. The maximum absolute atomic E-state index is 6.04. The Morgan fingerprint density at radius 2 is 1.91 bits per heavy atom. The van der Waals surface area contributed by atoms with Gasteiger partial charge < -0.3 is 10.1 Å². The molecule has 0 aromatic heterocycles. The van der Waals surface area contributed by atoms with Gasteiger partial charge in [0.05, 0.1) is 6.61 Å². The molecule has 2 heteroatoms. The van der Waals surface area contributed by atoms with Crippen LogP contribution in [0.25, 0.3) is 0 Å². The summed E-state index contributed by atoms with van der Waals surface area (Å²) in [5, 5.41) is 3.75. The highest BCUT2D eigenvalue weighted by Crippen LogP contribution is 2.25. The summed E-state index contributed by atoms with van der Waals surface area (Å²) in [6, 6.07) is 9.20. The van der Waals surface area contributed by atoms with E-state index in [1.54, 1.807) is 0 Å². The summed E-state index contributed by atoms with van der Waals surface area (Å²) in [5.74, 6) is 1.94. The van der Waals surface area contributed by atoms with Crippen LogP contribution in [0.15, 0.2) is 24.3 Å². The lowest BCUT2D eigenvalue weighted by molar-refractivity contribution is 0.289. The van der Waals surface area contributed by atoms with Crippen molar-refractivity contribution in [3.8, 4) is 5.75 Å². The van der Waals surface area contributed by atoms with E-state index in [9.17, 15) is 0 Å². The molecular formula is C21H35NO. The van der Waals surface area contributed by atoms with E-state index in [-0.39, 0.29) is 0 Å². The molecule has 23 heavy (non-hydrogen) atoms. The monoisotopic (exact) mass is 317 g/mol. The van der Waals surface area contributed by atoms with Crippen molar-refractivity contribution in [2.24, 2.45) is 5.92 Å². The molecule has 1 aromatic rings. The van der Waals surface area contributed by atoms with Gasteiger partial charge in [0.2, 0.25) is 0 Å². The van der Waals surface area contributed by atoms with E-state index < -0.39 is 0 Å². The molecule has 0 aliphatic heterocycles. The number of unbranched alkanes of at least 4 members (excludes halogenated alkanes) is 4. The van der Waals surface area contributed by atoms with Crippen molar-refractivity contribution in [2.45, 2.75) is 84.2 Å². The average Bonchev–Trinajstić information content (AvgIpc) is 2.57. The molecule has 1 aliphatic rings.